The molecule has 17 heavy (non-hydrogen) atoms. The van der Waals surface area contributed by atoms with Crippen LogP contribution in [0, 0.1) is 5.41 Å². The number of rotatable bonds is 3. The summed E-state index contributed by atoms with van der Waals surface area (Å²) in [6, 6.07) is -0.482. The molecule has 0 radical (unpaired) electrons. The first kappa shape index (κ1) is 13.7. The first-order valence-corrected chi connectivity index (χ1v) is 5.70. The van der Waals surface area contributed by atoms with Gasteiger partial charge in [0.1, 0.15) is 0 Å². The van der Waals surface area contributed by atoms with Crippen molar-refractivity contribution in [2.75, 3.05) is 7.05 Å². The second-order valence-electron chi connectivity index (χ2n) is 5.56. The van der Waals surface area contributed by atoms with Crippen LogP contribution in [0.2, 0.25) is 0 Å². The topological polar surface area (TPSA) is 64.2 Å². The zero-order valence-electron chi connectivity index (χ0n) is 11.3. The summed E-state index contributed by atoms with van der Waals surface area (Å²) in [5.74, 6) is -0.0404. The summed E-state index contributed by atoms with van der Waals surface area (Å²) >= 11 is 0. The van der Waals surface area contributed by atoms with E-state index in [4.69, 9.17) is 5.73 Å². The van der Waals surface area contributed by atoms with E-state index in [1.165, 1.54) is 0 Å². The molecule has 1 unspecified atom stereocenters. The lowest BCUT2D eigenvalue weighted by Gasteiger charge is -2.29. The monoisotopic (exact) mass is 238 g/mol. The Morgan fingerprint density at radius 3 is 2.59 bits per heavy atom. The van der Waals surface area contributed by atoms with Gasteiger partial charge in [0.05, 0.1) is 12.2 Å². The first-order valence-electron chi connectivity index (χ1n) is 5.70. The second kappa shape index (κ2) is 4.87. The zero-order chi connectivity index (χ0) is 13.2. The number of amides is 1. The normalized spacial score (nSPS) is 13.5. The van der Waals surface area contributed by atoms with Crippen LogP contribution in [-0.2, 0) is 18.4 Å². The average Bonchev–Trinajstić information content (AvgIpc) is 2.60. The van der Waals surface area contributed by atoms with Gasteiger partial charge in [-0.3, -0.25) is 9.48 Å². The molecular weight excluding hydrogens is 216 g/mol. The van der Waals surface area contributed by atoms with E-state index >= 15 is 0 Å². The highest BCUT2D eigenvalue weighted by atomic mass is 16.2. The summed E-state index contributed by atoms with van der Waals surface area (Å²) in [4.78, 5) is 13.7. The van der Waals surface area contributed by atoms with E-state index in [9.17, 15) is 4.79 Å². The highest BCUT2D eigenvalue weighted by Crippen LogP contribution is 2.19. The molecule has 0 aromatic carbocycles. The van der Waals surface area contributed by atoms with Gasteiger partial charge in [0.25, 0.3) is 0 Å². The minimum atomic E-state index is -0.482. The highest BCUT2D eigenvalue weighted by molar-refractivity contribution is 5.82. The van der Waals surface area contributed by atoms with Gasteiger partial charge in [-0.25, -0.2) is 0 Å². The van der Waals surface area contributed by atoms with Crippen molar-refractivity contribution in [3.63, 3.8) is 0 Å². The number of likely N-dealkylation sites (N-methyl/N-ethyl adjacent to an activating group) is 1. The van der Waals surface area contributed by atoms with Gasteiger partial charge in [-0.05, 0) is 5.41 Å². The van der Waals surface area contributed by atoms with E-state index in [1.54, 1.807) is 22.8 Å². The fourth-order valence-corrected chi connectivity index (χ4v) is 1.51. The Kier molecular flexibility index (Phi) is 3.93. The second-order valence-corrected chi connectivity index (χ2v) is 5.56. The van der Waals surface area contributed by atoms with Crippen LogP contribution in [0.3, 0.4) is 0 Å². The Bertz CT molecular complexity index is 391. The van der Waals surface area contributed by atoms with Gasteiger partial charge in [-0.1, -0.05) is 20.8 Å². The van der Waals surface area contributed by atoms with E-state index in [0.717, 1.165) is 5.56 Å². The lowest BCUT2D eigenvalue weighted by atomic mass is 9.86. The molecule has 0 fully saturated rings. The SMILES string of the molecule is CN(Cc1cnn(C)c1)C(=O)C(N)C(C)(C)C. The lowest BCUT2D eigenvalue weighted by Crippen LogP contribution is -2.48. The molecule has 1 aromatic rings. The van der Waals surface area contributed by atoms with E-state index in [-0.39, 0.29) is 11.3 Å². The van der Waals surface area contributed by atoms with Crippen LogP contribution < -0.4 is 5.73 Å². The molecule has 1 aromatic heterocycles. The molecule has 5 heteroatoms. The van der Waals surface area contributed by atoms with E-state index in [2.05, 4.69) is 5.10 Å². The fourth-order valence-electron chi connectivity index (χ4n) is 1.51. The number of aromatic nitrogens is 2. The summed E-state index contributed by atoms with van der Waals surface area (Å²) in [6.45, 7) is 6.44. The molecule has 1 heterocycles. The van der Waals surface area contributed by atoms with Gasteiger partial charge in [0.15, 0.2) is 0 Å². The third-order valence-electron chi connectivity index (χ3n) is 2.75. The Hall–Kier alpha value is -1.36. The first-order chi connectivity index (χ1) is 7.71. The molecule has 0 saturated heterocycles. The largest absolute Gasteiger partial charge is 0.340 e. The van der Waals surface area contributed by atoms with Crippen LogP contribution >= 0.6 is 0 Å². The number of hydrogen-bond acceptors (Lipinski definition) is 3. The van der Waals surface area contributed by atoms with Crippen molar-refractivity contribution < 1.29 is 4.79 Å². The number of nitrogens with two attached hydrogens (primary N) is 1. The van der Waals surface area contributed by atoms with Crippen LogP contribution in [0.25, 0.3) is 0 Å². The van der Waals surface area contributed by atoms with Crippen molar-refractivity contribution in [1.29, 1.82) is 0 Å². The number of nitrogens with zero attached hydrogens (tertiary/aromatic N) is 3. The Balaban J connectivity index is 2.65. The standard InChI is InChI=1S/C12H22N4O/c1-12(2,3)10(13)11(17)15(4)7-9-6-14-16(5)8-9/h6,8,10H,7,13H2,1-5H3. The van der Waals surface area contributed by atoms with Crippen LogP contribution in [-0.4, -0.2) is 33.7 Å². The van der Waals surface area contributed by atoms with Crippen LogP contribution in [0.5, 0.6) is 0 Å². The molecule has 0 aliphatic carbocycles. The van der Waals surface area contributed by atoms with Crippen molar-refractivity contribution in [2.24, 2.45) is 18.2 Å². The molecular formula is C12H22N4O. The predicted octanol–water partition coefficient (Wildman–Crippen LogP) is 0.752. The maximum atomic E-state index is 12.1. The number of aryl methyl sites for hydroxylation is 1. The van der Waals surface area contributed by atoms with Gasteiger partial charge in [-0.2, -0.15) is 5.10 Å². The van der Waals surface area contributed by atoms with Crippen molar-refractivity contribution >= 4 is 5.91 Å². The van der Waals surface area contributed by atoms with Crippen LogP contribution in [0.1, 0.15) is 26.3 Å². The molecule has 0 aliphatic rings. The zero-order valence-corrected chi connectivity index (χ0v) is 11.3. The number of carbonyl (C=O) groups is 1. The third-order valence-corrected chi connectivity index (χ3v) is 2.75. The summed E-state index contributed by atoms with van der Waals surface area (Å²) in [5, 5.41) is 4.07. The Morgan fingerprint density at radius 1 is 1.59 bits per heavy atom. The molecule has 5 nitrogen and oxygen atoms in total. The minimum absolute atomic E-state index is 0.0404. The van der Waals surface area contributed by atoms with Crippen molar-refractivity contribution in [3.05, 3.63) is 18.0 Å². The van der Waals surface area contributed by atoms with Crippen molar-refractivity contribution in [1.82, 2.24) is 14.7 Å². The summed E-state index contributed by atoms with van der Waals surface area (Å²) in [7, 11) is 3.62. The quantitative estimate of drug-likeness (QED) is 0.845. The molecule has 1 atom stereocenters. The van der Waals surface area contributed by atoms with Crippen molar-refractivity contribution in [2.45, 2.75) is 33.4 Å². The number of hydrogen-bond donors (Lipinski definition) is 1. The number of carbonyl (C=O) groups excluding carboxylic acids is 1. The smallest absolute Gasteiger partial charge is 0.240 e. The molecule has 0 aliphatic heterocycles. The Labute approximate surface area is 103 Å². The molecule has 1 rings (SSSR count). The third kappa shape index (κ3) is 3.56. The summed E-state index contributed by atoms with van der Waals surface area (Å²) in [6.07, 6.45) is 3.65. The average molecular weight is 238 g/mol. The Morgan fingerprint density at radius 2 is 2.18 bits per heavy atom. The van der Waals surface area contributed by atoms with E-state index in [0.29, 0.717) is 6.54 Å². The maximum absolute atomic E-state index is 12.1. The molecule has 0 saturated carbocycles. The van der Waals surface area contributed by atoms with Gasteiger partial charge < -0.3 is 10.6 Å². The van der Waals surface area contributed by atoms with Crippen LogP contribution in [0.4, 0.5) is 0 Å². The van der Waals surface area contributed by atoms with Gasteiger partial charge in [-0.15, -0.1) is 0 Å². The van der Waals surface area contributed by atoms with Gasteiger partial charge in [0, 0.05) is 32.4 Å². The molecule has 2 N–H and O–H groups in total. The predicted molar refractivity (Wildman–Crippen MR) is 67.1 cm³/mol. The van der Waals surface area contributed by atoms with E-state index in [1.807, 2.05) is 34.0 Å². The van der Waals surface area contributed by atoms with E-state index < -0.39 is 6.04 Å². The summed E-state index contributed by atoms with van der Waals surface area (Å²) < 4.78 is 1.72. The molecule has 0 bridgehead atoms. The fraction of sp³-hybridized carbons (Fsp3) is 0.667. The lowest BCUT2D eigenvalue weighted by molar-refractivity contribution is -0.134. The molecule has 1 amide bonds. The molecule has 96 valence electrons. The van der Waals surface area contributed by atoms with Crippen LogP contribution in [0.15, 0.2) is 12.4 Å². The minimum Gasteiger partial charge on any atom is -0.340 e. The molecule has 0 spiro atoms. The van der Waals surface area contributed by atoms with Crippen molar-refractivity contribution in [3.8, 4) is 0 Å². The van der Waals surface area contributed by atoms with Gasteiger partial charge in [0.2, 0.25) is 5.91 Å². The van der Waals surface area contributed by atoms with Gasteiger partial charge >= 0.3 is 0 Å². The summed E-state index contributed by atoms with van der Waals surface area (Å²) in [5.41, 5.74) is 6.72. The maximum Gasteiger partial charge on any atom is 0.240 e. The highest BCUT2D eigenvalue weighted by Gasteiger charge is 2.29.